The van der Waals surface area contributed by atoms with E-state index >= 15 is 0 Å². The molecule has 2 amide bonds. The summed E-state index contributed by atoms with van der Waals surface area (Å²) in [7, 11) is 0. The molecule has 0 aliphatic rings. The lowest BCUT2D eigenvalue weighted by atomic mass is 9.90. The number of carbonyl (C=O) groups is 2. The van der Waals surface area contributed by atoms with Gasteiger partial charge in [0, 0.05) is 30.5 Å². The van der Waals surface area contributed by atoms with Gasteiger partial charge in [0.15, 0.2) is 0 Å². The van der Waals surface area contributed by atoms with Gasteiger partial charge in [0.1, 0.15) is 0 Å². The Morgan fingerprint density at radius 3 is 2.14 bits per heavy atom. The molecule has 0 aromatic carbocycles. The molecule has 4 N–H and O–H groups in total. The molecule has 0 bridgehead atoms. The molecule has 21 heavy (non-hydrogen) atoms. The van der Waals surface area contributed by atoms with Crippen molar-refractivity contribution < 1.29 is 9.59 Å². The maximum atomic E-state index is 12.0. The average Bonchev–Trinajstić information content (AvgIpc) is 2.32. The molecule has 5 heteroatoms. The van der Waals surface area contributed by atoms with Crippen LogP contribution >= 0.6 is 0 Å². The molecule has 0 aliphatic carbocycles. The summed E-state index contributed by atoms with van der Waals surface area (Å²) in [5.74, 6) is 0.480. The van der Waals surface area contributed by atoms with Crippen molar-refractivity contribution in [1.82, 2.24) is 10.6 Å². The van der Waals surface area contributed by atoms with Gasteiger partial charge in [-0.1, -0.05) is 34.6 Å². The van der Waals surface area contributed by atoms with Gasteiger partial charge in [-0.3, -0.25) is 9.59 Å². The molecular formula is C16H33N3O2. The Labute approximate surface area is 129 Å². The number of hydrogen-bond acceptors (Lipinski definition) is 3. The molecule has 0 saturated heterocycles. The lowest BCUT2D eigenvalue weighted by molar-refractivity contribution is -0.129. The predicted molar refractivity (Wildman–Crippen MR) is 86.8 cm³/mol. The van der Waals surface area contributed by atoms with E-state index in [-0.39, 0.29) is 17.4 Å². The molecule has 1 unspecified atom stereocenters. The van der Waals surface area contributed by atoms with Crippen LogP contribution in [0.1, 0.15) is 60.8 Å². The molecule has 0 aromatic rings. The number of rotatable bonds is 8. The van der Waals surface area contributed by atoms with E-state index in [2.05, 4.69) is 24.5 Å². The zero-order valence-corrected chi connectivity index (χ0v) is 14.5. The van der Waals surface area contributed by atoms with E-state index in [1.807, 2.05) is 27.7 Å². The Balaban J connectivity index is 4.08. The fourth-order valence-electron chi connectivity index (χ4n) is 2.20. The van der Waals surface area contributed by atoms with Gasteiger partial charge in [-0.05, 0) is 25.7 Å². The van der Waals surface area contributed by atoms with Crippen molar-refractivity contribution in [3.63, 3.8) is 0 Å². The minimum absolute atomic E-state index is 0.00592. The van der Waals surface area contributed by atoms with Crippen molar-refractivity contribution in [3.8, 4) is 0 Å². The van der Waals surface area contributed by atoms with E-state index in [0.717, 1.165) is 6.42 Å². The fraction of sp³-hybridized carbons (Fsp3) is 0.875. The normalized spacial score (nSPS) is 14.7. The first-order valence-electron chi connectivity index (χ1n) is 7.79. The molecule has 0 spiro atoms. The molecule has 0 fully saturated rings. The van der Waals surface area contributed by atoms with Crippen molar-refractivity contribution in [3.05, 3.63) is 0 Å². The molecule has 1 atom stereocenters. The zero-order valence-electron chi connectivity index (χ0n) is 14.5. The highest BCUT2D eigenvalue weighted by molar-refractivity contribution is 5.81. The number of hydrogen-bond donors (Lipinski definition) is 3. The molecule has 5 nitrogen and oxygen atoms in total. The molecule has 124 valence electrons. The first-order chi connectivity index (χ1) is 9.50. The van der Waals surface area contributed by atoms with Crippen LogP contribution in [-0.4, -0.2) is 30.4 Å². The van der Waals surface area contributed by atoms with Crippen LogP contribution in [0.5, 0.6) is 0 Å². The Kier molecular flexibility index (Phi) is 7.93. The van der Waals surface area contributed by atoms with Crippen LogP contribution in [0.4, 0.5) is 0 Å². The van der Waals surface area contributed by atoms with Crippen molar-refractivity contribution in [2.45, 2.75) is 66.3 Å². The smallest absolute Gasteiger partial charge is 0.225 e. The van der Waals surface area contributed by atoms with Gasteiger partial charge in [-0.25, -0.2) is 0 Å². The van der Waals surface area contributed by atoms with Crippen LogP contribution in [-0.2, 0) is 9.59 Å². The van der Waals surface area contributed by atoms with Crippen LogP contribution in [0.25, 0.3) is 0 Å². The Morgan fingerprint density at radius 2 is 1.71 bits per heavy atom. The van der Waals surface area contributed by atoms with Crippen LogP contribution < -0.4 is 16.4 Å². The minimum Gasteiger partial charge on any atom is -0.356 e. The topological polar surface area (TPSA) is 84.2 Å². The van der Waals surface area contributed by atoms with Crippen LogP contribution in [0.3, 0.4) is 0 Å². The third-order valence-electron chi connectivity index (χ3n) is 3.30. The minimum atomic E-state index is -0.391. The van der Waals surface area contributed by atoms with Crippen molar-refractivity contribution in [1.29, 1.82) is 0 Å². The third kappa shape index (κ3) is 8.71. The van der Waals surface area contributed by atoms with E-state index in [1.165, 1.54) is 0 Å². The van der Waals surface area contributed by atoms with Gasteiger partial charge in [-0.15, -0.1) is 0 Å². The first kappa shape index (κ1) is 19.9. The quantitative estimate of drug-likeness (QED) is 0.598. The van der Waals surface area contributed by atoms with Gasteiger partial charge >= 0.3 is 0 Å². The van der Waals surface area contributed by atoms with Crippen LogP contribution in [0, 0.1) is 11.3 Å². The first-order valence-corrected chi connectivity index (χ1v) is 7.79. The van der Waals surface area contributed by atoms with E-state index in [1.54, 1.807) is 0 Å². The summed E-state index contributed by atoms with van der Waals surface area (Å²) in [6, 6.07) is 0. The monoisotopic (exact) mass is 299 g/mol. The van der Waals surface area contributed by atoms with E-state index < -0.39 is 5.41 Å². The van der Waals surface area contributed by atoms with Crippen LogP contribution in [0.2, 0.25) is 0 Å². The van der Waals surface area contributed by atoms with Crippen molar-refractivity contribution in [2.24, 2.45) is 17.1 Å². The molecule has 0 saturated carbocycles. The standard InChI is InChI=1S/C16H33N3O2/c1-12(2)10-16(6,11-17)19-13(20)8-7-9-18-14(21)15(3,4)5/h12H,7-11,17H2,1-6H3,(H,18,21)(H,19,20). The van der Waals surface area contributed by atoms with Crippen molar-refractivity contribution in [2.75, 3.05) is 13.1 Å². The lowest BCUT2D eigenvalue weighted by Gasteiger charge is -2.31. The molecule has 0 rings (SSSR count). The molecule has 0 aliphatic heterocycles. The summed E-state index contributed by atoms with van der Waals surface area (Å²) < 4.78 is 0. The Morgan fingerprint density at radius 1 is 1.14 bits per heavy atom. The second-order valence-electron chi connectivity index (χ2n) is 7.52. The van der Waals surface area contributed by atoms with E-state index in [0.29, 0.717) is 31.8 Å². The second-order valence-corrected chi connectivity index (χ2v) is 7.52. The molecule has 0 radical (unpaired) electrons. The summed E-state index contributed by atoms with van der Waals surface area (Å²) >= 11 is 0. The number of nitrogens with two attached hydrogens (primary N) is 1. The molecule has 0 heterocycles. The van der Waals surface area contributed by atoms with Gasteiger partial charge in [0.25, 0.3) is 0 Å². The summed E-state index contributed by atoms with van der Waals surface area (Å²) in [5.41, 5.74) is 5.04. The Bertz CT molecular complexity index is 348. The number of nitrogens with one attached hydrogen (secondary N) is 2. The summed E-state index contributed by atoms with van der Waals surface area (Å²) in [6.07, 6.45) is 1.89. The molecule has 0 aromatic heterocycles. The highest BCUT2D eigenvalue weighted by Gasteiger charge is 2.25. The number of amides is 2. The van der Waals surface area contributed by atoms with Crippen LogP contribution in [0.15, 0.2) is 0 Å². The van der Waals surface area contributed by atoms with Gasteiger partial charge in [-0.2, -0.15) is 0 Å². The van der Waals surface area contributed by atoms with Gasteiger partial charge < -0.3 is 16.4 Å². The average molecular weight is 299 g/mol. The molecular weight excluding hydrogens is 266 g/mol. The third-order valence-corrected chi connectivity index (χ3v) is 3.30. The van der Waals surface area contributed by atoms with E-state index in [9.17, 15) is 9.59 Å². The van der Waals surface area contributed by atoms with Gasteiger partial charge in [0.2, 0.25) is 11.8 Å². The fourth-order valence-corrected chi connectivity index (χ4v) is 2.20. The summed E-state index contributed by atoms with van der Waals surface area (Å²) in [4.78, 5) is 23.6. The summed E-state index contributed by atoms with van der Waals surface area (Å²) in [5, 5.41) is 5.86. The summed E-state index contributed by atoms with van der Waals surface area (Å²) in [6.45, 7) is 12.8. The number of carbonyl (C=O) groups excluding carboxylic acids is 2. The zero-order chi connectivity index (χ0) is 16.7. The predicted octanol–water partition coefficient (Wildman–Crippen LogP) is 1.81. The maximum Gasteiger partial charge on any atom is 0.225 e. The second kappa shape index (κ2) is 8.37. The lowest BCUT2D eigenvalue weighted by Crippen LogP contribution is -2.52. The van der Waals surface area contributed by atoms with E-state index in [4.69, 9.17) is 5.73 Å². The maximum absolute atomic E-state index is 12.0. The van der Waals surface area contributed by atoms with Gasteiger partial charge in [0.05, 0.1) is 0 Å². The largest absolute Gasteiger partial charge is 0.356 e. The highest BCUT2D eigenvalue weighted by Crippen LogP contribution is 2.15. The highest BCUT2D eigenvalue weighted by atomic mass is 16.2. The Hall–Kier alpha value is -1.10. The SMILES string of the molecule is CC(C)CC(C)(CN)NC(=O)CCCNC(=O)C(C)(C)C. The van der Waals surface area contributed by atoms with Crippen molar-refractivity contribution >= 4 is 11.8 Å².